The second kappa shape index (κ2) is 8.83. The number of halogens is 4. The van der Waals surface area contributed by atoms with Crippen molar-refractivity contribution in [1.29, 1.82) is 0 Å². The van der Waals surface area contributed by atoms with Gasteiger partial charge >= 0.3 is 12.2 Å². The van der Waals surface area contributed by atoms with Gasteiger partial charge in [0, 0.05) is 6.42 Å². The van der Waals surface area contributed by atoms with Crippen molar-refractivity contribution in [3.05, 3.63) is 12.5 Å². The lowest BCUT2D eigenvalue weighted by Gasteiger charge is -2.05. The summed E-state index contributed by atoms with van der Waals surface area (Å²) in [6.07, 6.45) is -1.79. The van der Waals surface area contributed by atoms with E-state index in [0.29, 0.717) is 12.8 Å². The van der Waals surface area contributed by atoms with Gasteiger partial charge in [-0.05, 0) is 19.3 Å². The van der Waals surface area contributed by atoms with Gasteiger partial charge in [0.15, 0.2) is 6.61 Å². The molecule has 0 aliphatic heterocycles. The predicted molar refractivity (Wildman–Crippen MR) is 51.7 cm³/mol. The van der Waals surface area contributed by atoms with Gasteiger partial charge in [0.2, 0.25) is 0 Å². The monoisotopic (exact) mass is 258 g/mol. The highest BCUT2D eigenvalue weighted by atomic mass is 19.4. The van der Waals surface area contributed by atoms with E-state index in [-0.39, 0.29) is 13.0 Å². The summed E-state index contributed by atoms with van der Waals surface area (Å²) in [6.45, 7) is -0.424. The molecule has 0 heterocycles. The second-order valence-electron chi connectivity index (χ2n) is 3.23. The van der Waals surface area contributed by atoms with Gasteiger partial charge < -0.3 is 9.47 Å². The van der Waals surface area contributed by atoms with E-state index in [1.54, 1.807) is 0 Å². The Bertz CT molecular complexity index is 238. The van der Waals surface area contributed by atoms with Crippen LogP contribution in [0.5, 0.6) is 0 Å². The number of ether oxygens (including phenoxy) is 2. The van der Waals surface area contributed by atoms with E-state index in [9.17, 15) is 22.4 Å². The van der Waals surface area contributed by atoms with Crippen molar-refractivity contribution in [3.8, 4) is 0 Å². The first kappa shape index (κ1) is 15.7. The molecule has 0 spiro atoms. The minimum atomic E-state index is -4.10. The van der Waals surface area contributed by atoms with Crippen molar-refractivity contribution in [2.24, 2.45) is 0 Å². The standard InChI is InChI=1S/C10H14F4O3/c11-9(15)8-17-7-6-16-5-3-1-2-4-10(12,13)14/h6-7H,1-5,8H2. The molecule has 0 saturated heterocycles. The molecular formula is C10H14F4O3. The number of hydrogen-bond acceptors (Lipinski definition) is 3. The van der Waals surface area contributed by atoms with Crippen molar-refractivity contribution in [1.82, 2.24) is 0 Å². The van der Waals surface area contributed by atoms with E-state index >= 15 is 0 Å². The zero-order chi connectivity index (χ0) is 13.1. The maximum atomic E-state index is 11.7. The van der Waals surface area contributed by atoms with Crippen molar-refractivity contribution >= 4 is 6.04 Å². The molecule has 3 nitrogen and oxygen atoms in total. The molecule has 0 aliphatic carbocycles. The first-order valence-electron chi connectivity index (χ1n) is 5.05. The Morgan fingerprint density at radius 2 is 1.71 bits per heavy atom. The molecule has 100 valence electrons. The highest BCUT2D eigenvalue weighted by molar-refractivity contribution is 5.69. The number of hydrogen-bond donors (Lipinski definition) is 0. The quantitative estimate of drug-likeness (QED) is 0.276. The van der Waals surface area contributed by atoms with Crippen molar-refractivity contribution in [3.63, 3.8) is 0 Å². The zero-order valence-corrected chi connectivity index (χ0v) is 9.13. The molecule has 0 rings (SSSR count). The van der Waals surface area contributed by atoms with E-state index in [1.807, 2.05) is 0 Å². The van der Waals surface area contributed by atoms with Gasteiger partial charge in [0.25, 0.3) is 0 Å². The Balaban J connectivity index is 3.21. The van der Waals surface area contributed by atoms with Crippen molar-refractivity contribution in [2.75, 3.05) is 13.2 Å². The molecule has 0 amide bonds. The van der Waals surface area contributed by atoms with Crippen molar-refractivity contribution in [2.45, 2.75) is 31.9 Å². The third-order valence-corrected chi connectivity index (χ3v) is 1.67. The van der Waals surface area contributed by atoms with Gasteiger partial charge in [-0.1, -0.05) is 0 Å². The fourth-order valence-electron chi connectivity index (χ4n) is 0.948. The second-order valence-corrected chi connectivity index (χ2v) is 3.23. The lowest BCUT2D eigenvalue weighted by molar-refractivity contribution is -0.136. The van der Waals surface area contributed by atoms with Gasteiger partial charge in [0.05, 0.1) is 6.61 Å². The molecule has 0 fully saturated rings. The first-order valence-corrected chi connectivity index (χ1v) is 5.05. The van der Waals surface area contributed by atoms with Gasteiger partial charge in [0.1, 0.15) is 12.5 Å². The third-order valence-electron chi connectivity index (χ3n) is 1.67. The van der Waals surface area contributed by atoms with Crippen LogP contribution in [0.1, 0.15) is 25.7 Å². The molecule has 0 aromatic carbocycles. The van der Waals surface area contributed by atoms with E-state index in [2.05, 4.69) is 4.74 Å². The summed E-state index contributed by atoms with van der Waals surface area (Å²) in [5.41, 5.74) is 0. The lowest BCUT2D eigenvalue weighted by Crippen LogP contribution is -2.06. The summed E-state index contributed by atoms with van der Waals surface area (Å²) in [5.74, 6) is 0. The van der Waals surface area contributed by atoms with Crippen LogP contribution in [-0.4, -0.2) is 25.4 Å². The molecule has 0 bridgehead atoms. The average molecular weight is 258 g/mol. The molecule has 0 unspecified atom stereocenters. The molecule has 0 radical (unpaired) electrons. The molecule has 0 saturated carbocycles. The van der Waals surface area contributed by atoms with Crippen LogP contribution in [0, 0.1) is 0 Å². The highest BCUT2D eigenvalue weighted by Gasteiger charge is 2.25. The van der Waals surface area contributed by atoms with Gasteiger partial charge in [-0.15, -0.1) is 0 Å². The van der Waals surface area contributed by atoms with Crippen LogP contribution >= 0.6 is 0 Å². The molecule has 7 heteroatoms. The summed E-state index contributed by atoms with van der Waals surface area (Å²) in [7, 11) is 0. The molecule has 0 N–H and O–H groups in total. The van der Waals surface area contributed by atoms with Crippen LogP contribution in [0.2, 0.25) is 0 Å². The van der Waals surface area contributed by atoms with Crippen LogP contribution in [0.15, 0.2) is 12.5 Å². The number of unbranched alkanes of at least 4 members (excludes halogenated alkanes) is 2. The van der Waals surface area contributed by atoms with Crippen LogP contribution in [0.25, 0.3) is 0 Å². The first-order chi connectivity index (χ1) is 7.92. The molecule has 17 heavy (non-hydrogen) atoms. The third kappa shape index (κ3) is 14.7. The fourth-order valence-corrected chi connectivity index (χ4v) is 0.948. The number of carbonyl (C=O) groups is 1. The van der Waals surface area contributed by atoms with E-state index in [1.165, 1.54) is 0 Å². The van der Waals surface area contributed by atoms with E-state index in [4.69, 9.17) is 4.74 Å². The highest BCUT2D eigenvalue weighted by Crippen LogP contribution is 2.22. The number of rotatable bonds is 9. The Morgan fingerprint density at radius 3 is 2.29 bits per heavy atom. The van der Waals surface area contributed by atoms with Crippen LogP contribution in [0.3, 0.4) is 0 Å². The maximum Gasteiger partial charge on any atom is 0.389 e. The summed E-state index contributed by atoms with van der Waals surface area (Å²) in [6, 6.07) is -1.60. The number of carbonyl (C=O) groups excluding carboxylic acids is 1. The zero-order valence-electron chi connectivity index (χ0n) is 9.13. The topological polar surface area (TPSA) is 35.5 Å². The van der Waals surface area contributed by atoms with E-state index < -0.39 is 25.2 Å². The minimum absolute atomic E-state index is 0.0728. The number of alkyl halides is 3. The van der Waals surface area contributed by atoms with E-state index in [0.717, 1.165) is 12.5 Å². The van der Waals surface area contributed by atoms with Gasteiger partial charge in [-0.2, -0.15) is 17.6 Å². The smallest absolute Gasteiger partial charge is 0.389 e. The van der Waals surface area contributed by atoms with Crippen LogP contribution in [0.4, 0.5) is 17.6 Å². The molecule has 0 aromatic rings. The predicted octanol–water partition coefficient (Wildman–Crippen LogP) is 3.11. The van der Waals surface area contributed by atoms with Gasteiger partial charge in [-0.25, -0.2) is 0 Å². The minimum Gasteiger partial charge on any atom is -0.498 e. The SMILES string of the molecule is O=C(F)COC=COCCCCCC(F)(F)F. The van der Waals surface area contributed by atoms with Crippen LogP contribution < -0.4 is 0 Å². The average Bonchev–Trinajstić information content (AvgIpc) is 2.18. The maximum absolute atomic E-state index is 11.7. The Labute approximate surface area is 96.4 Å². The molecular weight excluding hydrogens is 244 g/mol. The van der Waals surface area contributed by atoms with Crippen molar-refractivity contribution < 1.29 is 31.8 Å². The summed E-state index contributed by atoms with van der Waals surface area (Å²) in [5, 5.41) is 0. The fraction of sp³-hybridized carbons (Fsp3) is 0.700. The largest absolute Gasteiger partial charge is 0.498 e. The normalized spacial score (nSPS) is 11.8. The Morgan fingerprint density at radius 1 is 1.06 bits per heavy atom. The molecule has 0 atom stereocenters. The Kier molecular flexibility index (Phi) is 8.17. The summed E-state index contributed by atoms with van der Waals surface area (Å²) in [4.78, 5) is 9.77. The molecule has 0 aromatic heterocycles. The molecule has 0 aliphatic rings. The summed E-state index contributed by atoms with van der Waals surface area (Å²) < 4.78 is 56.0. The lowest BCUT2D eigenvalue weighted by atomic mass is 10.2. The Hall–Kier alpha value is -1.27. The van der Waals surface area contributed by atoms with Crippen LogP contribution in [-0.2, 0) is 14.3 Å². The van der Waals surface area contributed by atoms with Gasteiger partial charge in [-0.3, -0.25) is 4.79 Å². The summed E-state index contributed by atoms with van der Waals surface area (Å²) >= 11 is 0.